The molecule has 0 radical (unpaired) electrons. The van der Waals surface area contributed by atoms with E-state index in [1.165, 1.54) is 12.8 Å². The molecule has 4 heteroatoms. The van der Waals surface area contributed by atoms with Crippen LogP contribution in [0, 0.1) is 0 Å². The number of anilines is 1. The minimum absolute atomic E-state index is 0.552. The van der Waals surface area contributed by atoms with Crippen molar-refractivity contribution in [1.82, 2.24) is 0 Å². The highest BCUT2D eigenvalue weighted by molar-refractivity contribution is 5.59. The Labute approximate surface area is 121 Å². The molecule has 1 aromatic carbocycles. The van der Waals surface area contributed by atoms with Crippen molar-refractivity contribution in [2.24, 2.45) is 0 Å². The first-order chi connectivity index (χ1) is 9.67. The number of methoxy groups -OCH3 is 2. The van der Waals surface area contributed by atoms with Crippen molar-refractivity contribution in [1.29, 1.82) is 0 Å². The minimum Gasteiger partial charge on any atom is -0.497 e. The van der Waals surface area contributed by atoms with E-state index in [1.54, 1.807) is 14.2 Å². The van der Waals surface area contributed by atoms with Crippen molar-refractivity contribution in [3.63, 3.8) is 0 Å². The quantitative estimate of drug-likeness (QED) is 0.813. The van der Waals surface area contributed by atoms with Gasteiger partial charge in [0.2, 0.25) is 0 Å². The van der Waals surface area contributed by atoms with Gasteiger partial charge in [0.1, 0.15) is 11.5 Å². The molecule has 112 valence electrons. The summed E-state index contributed by atoms with van der Waals surface area (Å²) in [4.78, 5) is 0. The zero-order valence-electron chi connectivity index (χ0n) is 12.4. The van der Waals surface area contributed by atoms with Gasteiger partial charge in [-0.05, 0) is 25.0 Å². The fraction of sp³-hybridized carbons (Fsp3) is 0.625. The van der Waals surface area contributed by atoms with Gasteiger partial charge < -0.3 is 19.9 Å². The first kappa shape index (κ1) is 15.0. The van der Waals surface area contributed by atoms with Crippen LogP contribution in [0.3, 0.4) is 0 Å². The van der Waals surface area contributed by atoms with E-state index in [2.05, 4.69) is 5.32 Å². The molecule has 1 saturated carbocycles. The predicted octanol–water partition coefficient (Wildman–Crippen LogP) is 3.20. The van der Waals surface area contributed by atoms with E-state index < -0.39 is 5.60 Å². The van der Waals surface area contributed by atoms with Crippen LogP contribution in [0.15, 0.2) is 18.2 Å². The molecular weight excluding hydrogens is 254 g/mol. The molecule has 1 aliphatic rings. The van der Waals surface area contributed by atoms with E-state index in [9.17, 15) is 5.11 Å². The summed E-state index contributed by atoms with van der Waals surface area (Å²) in [6.07, 6.45) is 6.40. The highest BCUT2D eigenvalue weighted by atomic mass is 16.5. The summed E-state index contributed by atoms with van der Waals surface area (Å²) in [5, 5.41) is 14.0. The smallest absolute Gasteiger partial charge is 0.142 e. The molecule has 1 aromatic rings. The molecule has 0 amide bonds. The lowest BCUT2D eigenvalue weighted by Gasteiger charge is -2.27. The Hall–Kier alpha value is -1.42. The Kier molecular flexibility index (Phi) is 5.12. The lowest BCUT2D eigenvalue weighted by molar-refractivity contribution is 0.0381. The molecule has 0 atom stereocenters. The second-order valence-electron chi connectivity index (χ2n) is 5.56. The van der Waals surface area contributed by atoms with Gasteiger partial charge in [-0.2, -0.15) is 0 Å². The van der Waals surface area contributed by atoms with E-state index in [1.807, 2.05) is 18.2 Å². The van der Waals surface area contributed by atoms with Crippen LogP contribution in [0.4, 0.5) is 5.69 Å². The number of aliphatic hydroxyl groups is 1. The maximum absolute atomic E-state index is 10.7. The van der Waals surface area contributed by atoms with Gasteiger partial charge in [-0.1, -0.05) is 25.7 Å². The summed E-state index contributed by atoms with van der Waals surface area (Å²) in [7, 11) is 3.29. The second kappa shape index (κ2) is 6.84. The third-order valence-corrected chi connectivity index (χ3v) is 4.05. The van der Waals surface area contributed by atoms with Crippen LogP contribution >= 0.6 is 0 Å². The van der Waals surface area contributed by atoms with Gasteiger partial charge in [0, 0.05) is 12.6 Å². The summed E-state index contributed by atoms with van der Waals surface area (Å²) in [6.45, 7) is 0.552. The summed E-state index contributed by atoms with van der Waals surface area (Å²) in [6, 6.07) is 5.64. The predicted molar refractivity (Wildman–Crippen MR) is 80.7 cm³/mol. The fourth-order valence-electron chi connectivity index (χ4n) is 2.78. The Morgan fingerprint density at radius 3 is 2.40 bits per heavy atom. The van der Waals surface area contributed by atoms with Gasteiger partial charge in [-0.15, -0.1) is 0 Å². The molecule has 0 bridgehead atoms. The number of ether oxygens (including phenoxy) is 2. The maximum Gasteiger partial charge on any atom is 0.142 e. The molecule has 2 rings (SSSR count). The van der Waals surface area contributed by atoms with E-state index in [0.717, 1.165) is 42.9 Å². The standard InChI is InChI=1S/C16H25NO3/c1-19-13-7-8-15(20-2)14(11-13)17-12-16(18)9-5-3-4-6-10-16/h7-8,11,17-18H,3-6,9-10,12H2,1-2H3. The van der Waals surface area contributed by atoms with Crippen molar-refractivity contribution in [3.05, 3.63) is 18.2 Å². The van der Waals surface area contributed by atoms with Gasteiger partial charge in [-0.25, -0.2) is 0 Å². The lowest BCUT2D eigenvalue weighted by atomic mass is 9.94. The molecule has 2 N–H and O–H groups in total. The lowest BCUT2D eigenvalue weighted by Crippen LogP contribution is -2.36. The first-order valence-corrected chi connectivity index (χ1v) is 7.35. The topological polar surface area (TPSA) is 50.7 Å². The fourth-order valence-corrected chi connectivity index (χ4v) is 2.78. The molecule has 1 aliphatic carbocycles. The summed E-state index contributed by atoms with van der Waals surface area (Å²) in [5.74, 6) is 1.55. The average molecular weight is 279 g/mol. The Balaban J connectivity index is 2.05. The van der Waals surface area contributed by atoms with Crippen LogP contribution in [-0.2, 0) is 0 Å². The molecule has 1 fully saturated rings. The molecule has 0 unspecified atom stereocenters. The molecule has 0 saturated heterocycles. The first-order valence-electron chi connectivity index (χ1n) is 7.35. The van der Waals surface area contributed by atoms with Crippen LogP contribution in [0.1, 0.15) is 38.5 Å². The van der Waals surface area contributed by atoms with Gasteiger partial charge >= 0.3 is 0 Å². The highest BCUT2D eigenvalue weighted by Crippen LogP contribution is 2.31. The van der Waals surface area contributed by atoms with Crippen molar-refractivity contribution < 1.29 is 14.6 Å². The van der Waals surface area contributed by atoms with E-state index in [0.29, 0.717) is 6.54 Å². The van der Waals surface area contributed by atoms with E-state index in [4.69, 9.17) is 9.47 Å². The molecule has 4 nitrogen and oxygen atoms in total. The second-order valence-corrected chi connectivity index (χ2v) is 5.56. The molecule has 0 aromatic heterocycles. The van der Waals surface area contributed by atoms with E-state index in [-0.39, 0.29) is 0 Å². The van der Waals surface area contributed by atoms with Crippen molar-refractivity contribution in [2.75, 3.05) is 26.1 Å². The minimum atomic E-state index is -0.607. The van der Waals surface area contributed by atoms with Crippen molar-refractivity contribution in [3.8, 4) is 11.5 Å². The van der Waals surface area contributed by atoms with Gasteiger partial charge in [0.25, 0.3) is 0 Å². The number of hydrogen-bond acceptors (Lipinski definition) is 4. The Morgan fingerprint density at radius 2 is 1.80 bits per heavy atom. The summed E-state index contributed by atoms with van der Waals surface area (Å²) in [5.41, 5.74) is 0.259. The Morgan fingerprint density at radius 1 is 1.10 bits per heavy atom. The third kappa shape index (κ3) is 3.79. The molecule has 0 spiro atoms. The van der Waals surface area contributed by atoms with Crippen LogP contribution in [0.2, 0.25) is 0 Å². The van der Waals surface area contributed by atoms with Crippen LogP contribution in [0.5, 0.6) is 11.5 Å². The van der Waals surface area contributed by atoms with Gasteiger partial charge in [0.15, 0.2) is 0 Å². The Bertz CT molecular complexity index is 426. The third-order valence-electron chi connectivity index (χ3n) is 4.05. The molecule has 0 aliphatic heterocycles. The summed E-state index contributed by atoms with van der Waals surface area (Å²) < 4.78 is 10.6. The van der Waals surface area contributed by atoms with Crippen molar-refractivity contribution in [2.45, 2.75) is 44.1 Å². The molecule has 0 heterocycles. The largest absolute Gasteiger partial charge is 0.497 e. The summed E-state index contributed by atoms with van der Waals surface area (Å²) >= 11 is 0. The van der Waals surface area contributed by atoms with Crippen LogP contribution in [0.25, 0.3) is 0 Å². The van der Waals surface area contributed by atoms with Gasteiger partial charge in [0.05, 0.1) is 25.5 Å². The zero-order chi connectivity index (χ0) is 14.4. The number of nitrogens with one attached hydrogen (secondary N) is 1. The van der Waals surface area contributed by atoms with Crippen LogP contribution < -0.4 is 14.8 Å². The molecular formula is C16H25NO3. The van der Waals surface area contributed by atoms with E-state index >= 15 is 0 Å². The zero-order valence-corrected chi connectivity index (χ0v) is 12.4. The SMILES string of the molecule is COc1ccc(OC)c(NCC2(O)CCCCCC2)c1. The van der Waals surface area contributed by atoms with Crippen molar-refractivity contribution >= 4 is 5.69 Å². The monoisotopic (exact) mass is 279 g/mol. The average Bonchev–Trinajstić information content (AvgIpc) is 2.70. The van der Waals surface area contributed by atoms with Gasteiger partial charge in [-0.3, -0.25) is 0 Å². The number of rotatable bonds is 5. The number of benzene rings is 1. The maximum atomic E-state index is 10.7. The van der Waals surface area contributed by atoms with Crippen LogP contribution in [-0.4, -0.2) is 31.5 Å². The normalized spacial score (nSPS) is 18.1. The number of hydrogen-bond donors (Lipinski definition) is 2. The molecule has 20 heavy (non-hydrogen) atoms. The highest BCUT2D eigenvalue weighted by Gasteiger charge is 2.27.